The number of rotatable bonds is 3. The Bertz CT molecular complexity index is 989. The number of benzene rings is 1. The highest BCUT2D eigenvalue weighted by atomic mass is 79.9. The summed E-state index contributed by atoms with van der Waals surface area (Å²) in [5.41, 5.74) is -12.4. The maximum absolute atomic E-state index is 14.2. The zero-order valence-corrected chi connectivity index (χ0v) is 16.6. The Morgan fingerprint density at radius 3 is 1.94 bits per heavy atom. The lowest BCUT2D eigenvalue weighted by Crippen LogP contribution is -2.50. The third-order valence-electron chi connectivity index (χ3n) is 3.76. The number of anilines is 1. The summed E-state index contributed by atoms with van der Waals surface area (Å²) in [7, 11) is 0. The van der Waals surface area contributed by atoms with Crippen molar-refractivity contribution in [3.05, 3.63) is 56.8 Å². The van der Waals surface area contributed by atoms with Crippen molar-refractivity contribution in [2.24, 2.45) is 0 Å². The molecule has 2 aromatic rings. The molecule has 3 nitrogen and oxygen atoms in total. The van der Waals surface area contributed by atoms with Crippen molar-refractivity contribution in [2.45, 2.75) is 24.2 Å². The molecule has 0 aliphatic heterocycles. The van der Waals surface area contributed by atoms with Crippen molar-refractivity contribution in [3.8, 4) is 0 Å². The van der Waals surface area contributed by atoms with Crippen LogP contribution in [0.25, 0.3) is 0 Å². The lowest BCUT2D eigenvalue weighted by Gasteiger charge is -2.31. The normalized spacial score (nSPS) is 13.3. The van der Waals surface area contributed by atoms with E-state index in [1.807, 2.05) is 0 Å². The van der Waals surface area contributed by atoms with Crippen LogP contribution in [-0.4, -0.2) is 23.2 Å². The second kappa shape index (κ2) is 8.11. The quantitative estimate of drug-likeness (QED) is 0.330. The minimum absolute atomic E-state index is 0.156. The van der Waals surface area contributed by atoms with E-state index in [2.05, 4.69) is 20.9 Å². The summed E-state index contributed by atoms with van der Waals surface area (Å²) in [6.07, 6.45) is -18.9. The molecule has 0 aliphatic carbocycles. The van der Waals surface area contributed by atoms with Crippen LogP contribution in [-0.2, 0) is 11.8 Å². The Balaban J connectivity index is 2.70. The number of pyridine rings is 1. The first kappa shape index (κ1) is 25.2. The Morgan fingerprint density at radius 1 is 0.935 bits per heavy atom. The minimum atomic E-state index is -6.64. The van der Waals surface area contributed by atoms with Gasteiger partial charge in [-0.3, -0.25) is 4.79 Å². The molecule has 15 heteroatoms. The molecule has 1 amide bonds. The number of carbonyl (C=O) groups is 1. The van der Waals surface area contributed by atoms with Crippen molar-refractivity contribution < 1.29 is 48.7 Å². The Morgan fingerprint density at radius 2 is 1.48 bits per heavy atom. The zero-order valence-electron chi connectivity index (χ0n) is 14.3. The number of halogens is 12. The van der Waals surface area contributed by atoms with E-state index in [4.69, 9.17) is 11.6 Å². The molecule has 0 atom stereocenters. The van der Waals surface area contributed by atoms with Gasteiger partial charge in [-0.15, -0.1) is 0 Å². The van der Waals surface area contributed by atoms with Crippen LogP contribution >= 0.6 is 27.5 Å². The molecule has 170 valence electrons. The first-order chi connectivity index (χ1) is 13.9. The molecule has 0 spiro atoms. The van der Waals surface area contributed by atoms with Gasteiger partial charge in [-0.2, -0.15) is 39.5 Å². The fourth-order valence-corrected chi connectivity index (χ4v) is 3.08. The second-order valence-electron chi connectivity index (χ2n) is 5.83. The van der Waals surface area contributed by atoms with Gasteiger partial charge in [-0.25, -0.2) is 9.37 Å². The van der Waals surface area contributed by atoms with Gasteiger partial charge in [0, 0.05) is 10.0 Å². The van der Waals surface area contributed by atoms with E-state index in [1.165, 1.54) is 12.1 Å². The minimum Gasteiger partial charge on any atom is -0.319 e. The van der Waals surface area contributed by atoms with E-state index in [-0.39, 0.29) is 11.2 Å². The van der Waals surface area contributed by atoms with Gasteiger partial charge in [0.1, 0.15) is 10.8 Å². The molecule has 1 aromatic heterocycles. The number of nitrogens with one attached hydrogen (secondary N) is 1. The number of hydrogen-bond acceptors (Lipinski definition) is 2. The van der Waals surface area contributed by atoms with Gasteiger partial charge < -0.3 is 5.32 Å². The molecule has 0 bridgehead atoms. The van der Waals surface area contributed by atoms with Crippen molar-refractivity contribution in [1.29, 1.82) is 0 Å². The van der Waals surface area contributed by atoms with Crippen molar-refractivity contribution in [1.82, 2.24) is 4.98 Å². The van der Waals surface area contributed by atoms with Crippen LogP contribution in [0.15, 0.2) is 34.8 Å². The van der Waals surface area contributed by atoms with Crippen LogP contribution < -0.4 is 5.32 Å². The van der Waals surface area contributed by atoms with Gasteiger partial charge in [0.2, 0.25) is 0 Å². The Hall–Kier alpha value is -2.09. The standard InChI is InChI=1S/C16H6BrClF10N2O/c17-8-5-6(13(19,15(23,24)25)16(26,27)28)4-7(14(20,21)22)11(8)30-12(31)9-2-1-3-10(18)29-9/h1-5H,(H,30,31). The fourth-order valence-electron chi connectivity index (χ4n) is 2.36. The first-order valence-electron chi connectivity index (χ1n) is 7.57. The summed E-state index contributed by atoms with van der Waals surface area (Å²) in [4.78, 5) is 15.7. The van der Waals surface area contributed by atoms with Crippen LogP contribution in [0.3, 0.4) is 0 Å². The molecule has 0 unspecified atom stereocenters. The molecule has 1 aromatic carbocycles. The molecular weight excluding hydrogens is 542 g/mol. The highest BCUT2D eigenvalue weighted by Crippen LogP contribution is 2.55. The molecule has 0 fully saturated rings. The zero-order chi connectivity index (χ0) is 24.0. The van der Waals surface area contributed by atoms with Crippen LogP contribution in [0.4, 0.5) is 49.6 Å². The van der Waals surface area contributed by atoms with Crippen LogP contribution in [0, 0.1) is 0 Å². The van der Waals surface area contributed by atoms with Gasteiger partial charge >= 0.3 is 24.2 Å². The van der Waals surface area contributed by atoms with Crippen LogP contribution in [0.1, 0.15) is 21.6 Å². The number of aromatic nitrogens is 1. The van der Waals surface area contributed by atoms with E-state index in [0.717, 1.165) is 6.07 Å². The molecule has 0 aliphatic rings. The van der Waals surface area contributed by atoms with Gasteiger partial charge in [-0.1, -0.05) is 17.7 Å². The Kier molecular flexibility index (Phi) is 6.59. The van der Waals surface area contributed by atoms with Crippen molar-refractivity contribution >= 4 is 39.1 Å². The van der Waals surface area contributed by atoms with Gasteiger partial charge in [0.05, 0.1) is 11.3 Å². The topological polar surface area (TPSA) is 42.0 Å². The number of amides is 1. The third-order valence-corrected chi connectivity index (χ3v) is 4.60. The molecule has 0 radical (unpaired) electrons. The highest BCUT2D eigenvalue weighted by molar-refractivity contribution is 9.10. The molecule has 1 N–H and O–H groups in total. The fraction of sp³-hybridized carbons (Fsp3) is 0.250. The number of carbonyl (C=O) groups excluding carboxylic acids is 1. The molecule has 2 rings (SSSR count). The number of hydrogen-bond donors (Lipinski definition) is 1. The van der Waals surface area contributed by atoms with Crippen molar-refractivity contribution in [3.63, 3.8) is 0 Å². The van der Waals surface area contributed by atoms with Crippen LogP contribution in [0.2, 0.25) is 5.15 Å². The maximum atomic E-state index is 14.2. The largest absolute Gasteiger partial charge is 0.435 e. The number of nitrogens with zero attached hydrogens (tertiary/aromatic N) is 1. The van der Waals surface area contributed by atoms with E-state index in [0.29, 0.717) is 0 Å². The molecule has 31 heavy (non-hydrogen) atoms. The van der Waals surface area contributed by atoms with E-state index < -0.39 is 63.2 Å². The molecular formula is C16H6BrClF10N2O. The summed E-state index contributed by atoms with van der Waals surface area (Å²) >= 11 is 7.92. The maximum Gasteiger partial charge on any atom is 0.435 e. The van der Waals surface area contributed by atoms with Crippen molar-refractivity contribution in [2.75, 3.05) is 5.32 Å². The summed E-state index contributed by atoms with van der Waals surface area (Å²) in [6.45, 7) is 0. The lowest BCUT2D eigenvalue weighted by molar-refractivity contribution is -0.348. The smallest absolute Gasteiger partial charge is 0.319 e. The predicted molar refractivity (Wildman–Crippen MR) is 91.2 cm³/mol. The molecule has 1 heterocycles. The van der Waals surface area contributed by atoms with Crippen LogP contribution in [0.5, 0.6) is 0 Å². The summed E-state index contributed by atoms with van der Waals surface area (Å²) in [5.74, 6) is -1.32. The third kappa shape index (κ3) is 4.89. The predicted octanol–water partition coefficient (Wildman–Crippen LogP) is 7.06. The van der Waals surface area contributed by atoms with E-state index in [9.17, 15) is 48.7 Å². The Labute approximate surface area is 179 Å². The first-order valence-corrected chi connectivity index (χ1v) is 8.74. The average Bonchev–Trinajstić information content (AvgIpc) is 2.59. The summed E-state index contributed by atoms with van der Waals surface area (Å²) in [6, 6.07) is 2.62. The average molecular weight is 548 g/mol. The van der Waals surface area contributed by atoms with Gasteiger partial charge in [-0.05, 0) is 40.2 Å². The summed E-state index contributed by atoms with van der Waals surface area (Å²) < 4.78 is 131. The second-order valence-corrected chi connectivity index (χ2v) is 7.07. The SMILES string of the molecule is O=C(Nc1c(Br)cc(C(F)(C(F)(F)F)C(F)(F)F)cc1C(F)(F)F)c1cccc(Cl)n1. The van der Waals surface area contributed by atoms with E-state index in [1.54, 1.807) is 5.32 Å². The summed E-state index contributed by atoms with van der Waals surface area (Å²) in [5, 5.41) is 1.45. The van der Waals surface area contributed by atoms with E-state index >= 15 is 0 Å². The van der Waals surface area contributed by atoms with Gasteiger partial charge in [0.15, 0.2) is 0 Å². The van der Waals surface area contributed by atoms with Gasteiger partial charge in [0.25, 0.3) is 5.91 Å². The monoisotopic (exact) mass is 546 g/mol. The molecule has 0 saturated carbocycles. The highest BCUT2D eigenvalue weighted by Gasteiger charge is 2.73. The number of alkyl halides is 10. The molecule has 0 saturated heterocycles. The lowest BCUT2D eigenvalue weighted by atomic mass is 9.92.